The van der Waals surface area contributed by atoms with E-state index in [0.717, 1.165) is 18.5 Å². The number of allylic oxidation sites excluding steroid dienone is 1. The summed E-state index contributed by atoms with van der Waals surface area (Å²) in [5.41, 5.74) is 1.02. The Bertz CT molecular complexity index is 381. The smallest absolute Gasteiger partial charge is 0.332 e. The van der Waals surface area contributed by atoms with E-state index in [1.165, 1.54) is 6.08 Å². The number of nitrogens with one attached hydrogen (secondary N) is 2. The van der Waals surface area contributed by atoms with E-state index < -0.39 is 0 Å². The van der Waals surface area contributed by atoms with E-state index in [-0.39, 0.29) is 23.7 Å². The molecule has 0 atom stereocenters. The minimum absolute atomic E-state index is 0.0864. The van der Waals surface area contributed by atoms with Crippen molar-refractivity contribution in [1.29, 1.82) is 0 Å². The maximum absolute atomic E-state index is 11.5. The van der Waals surface area contributed by atoms with Crippen molar-refractivity contribution in [2.45, 2.75) is 64.6 Å². The van der Waals surface area contributed by atoms with Crippen LogP contribution in [0.3, 0.4) is 0 Å². The fraction of sp³-hybridized carbons (Fsp3) is 0.688. The second kappa shape index (κ2) is 6.44. The Kier molecular flexibility index (Phi) is 5.40. The summed E-state index contributed by atoms with van der Waals surface area (Å²) in [7, 11) is 0. The first-order valence-electron chi connectivity index (χ1n) is 7.15. The van der Waals surface area contributed by atoms with Gasteiger partial charge in [0.2, 0.25) is 0 Å². The molecule has 20 heavy (non-hydrogen) atoms. The number of esters is 1. The van der Waals surface area contributed by atoms with Crippen LogP contribution in [0.5, 0.6) is 0 Å². The minimum atomic E-state index is -0.331. The molecule has 0 aliphatic carbocycles. The normalized spacial score (nSPS) is 22.1. The number of rotatable bonds is 5. The fourth-order valence-electron chi connectivity index (χ4n) is 3.15. The van der Waals surface area contributed by atoms with Crippen LogP contribution >= 0.6 is 0 Å². The van der Waals surface area contributed by atoms with Crippen molar-refractivity contribution in [3.8, 4) is 0 Å². The highest BCUT2D eigenvalue weighted by Crippen LogP contribution is 2.28. The van der Waals surface area contributed by atoms with E-state index in [4.69, 9.17) is 4.74 Å². The molecular weight excluding hydrogens is 252 g/mol. The summed E-state index contributed by atoms with van der Waals surface area (Å²) in [6, 6.07) is 0.352. The quantitative estimate of drug-likeness (QED) is 0.461. The first-order valence-corrected chi connectivity index (χ1v) is 7.15. The lowest BCUT2D eigenvalue weighted by Crippen LogP contribution is -2.61. The Morgan fingerprint density at radius 3 is 2.40 bits per heavy atom. The Balaban J connectivity index is 2.60. The summed E-state index contributed by atoms with van der Waals surface area (Å²) < 4.78 is 4.95. The van der Waals surface area contributed by atoms with Gasteiger partial charge in [0.25, 0.3) is 0 Å². The first-order chi connectivity index (χ1) is 9.13. The number of carbonyl (C=O) groups excluding carboxylic acids is 1. The van der Waals surface area contributed by atoms with Crippen LogP contribution in [0.15, 0.2) is 24.4 Å². The first kappa shape index (κ1) is 16.8. The molecule has 0 aromatic rings. The predicted molar refractivity (Wildman–Crippen MR) is 82.4 cm³/mol. The molecule has 0 amide bonds. The standard InChI is InChI=1S/C16H28N2O2/c1-7-8-20-14(19)9-12(2)17-13-10-15(3,4)18-16(5,6)11-13/h7,9,13,17-18H,1,8,10-11H2,2-6H3/b12-9+. The van der Waals surface area contributed by atoms with Crippen LogP contribution in [0.1, 0.15) is 47.5 Å². The molecule has 1 aliphatic heterocycles. The molecule has 4 nitrogen and oxygen atoms in total. The van der Waals surface area contributed by atoms with Gasteiger partial charge in [-0.1, -0.05) is 12.7 Å². The Hall–Kier alpha value is -1.29. The lowest BCUT2D eigenvalue weighted by Gasteiger charge is -2.47. The zero-order chi connectivity index (χ0) is 15.4. The van der Waals surface area contributed by atoms with Gasteiger partial charge in [0.15, 0.2) is 0 Å². The Morgan fingerprint density at radius 1 is 1.35 bits per heavy atom. The summed E-state index contributed by atoms with van der Waals surface area (Å²) in [5, 5.41) is 7.07. The summed E-state index contributed by atoms with van der Waals surface area (Å²) in [4.78, 5) is 11.5. The maximum atomic E-state index is 11.5. The molecule has 1 aliphatic rings. The lowest BCUT2D eigenvalue weighted by atomic mass is 9.79. The Morgan fingerprint density at radius 2 is 1.90 bits per heavy atom. The van der Waals surface area contributed by atoms with Crippen molar-refractivity contribution >= 4 is 5.97 Å². The van der Waals surface area contributed by atoms with Crippen molar-refractivity contribution in [2.24, 2.45) is 0 Å². The topological polar surface area (TPSA) is 50.4 Å². The third-order valence-electron chi connectivity index (χ3n) is 3.30. The summed E-state index contributed by atoms with van der Waals surface area (Å²) in [6.07, 6.45) is 5.10. The number of hydrogen-bond acceptors (Lipinski definition) is 4. The van der Waals surface area contributed by atoms with Gasteiger partial charge in [-0.2, -0.15) is 0 Å². The van der Waals surface area contributed by atoms with E-state index in [1.807, 2.05) is 6.92 Å². The molecule has 0 unspecified atom stereocenters. The molecular formula is C16H28N2O2. The summed E-state index contributed by atoms with van der Waals surface area (Å²) >= 11 is 0. The van der Waals surface area contributed by atoms with Gasteiger partial charge in [-0.15, -0.1) is 0 Å². The van der Waals surface area contributed by atoms with Crippen LogP contribution < -0.4 is 10.6 Å². The molecule has 0 radical (unpaired) electrons. The van der Waals surface area contributed by atoms with Crippen LogP contribution in [0.25, 0.3) is 0 Å². The van der Waals surface area contributed by atoms with Crippen LogP contribution in [-0.2, 0) is 9.53 Å². The average Bonchev–Trinajstić information content (AvgIpc) is 2.21. The average molecular weight is 280 g/mol. The van der Waals surface area contributed by atoms with Gasteiger partial charge >= 0.3 is 5.97 Å². The van der Waals surface area contributed by atoms with Gasteiger partial charge in [0, 0.05) is 28.9 Å². The molecule has 4 heteroatoms. The van der Waals surface area contributed by atoms with Gasteiger partial charge < -0.3 is 15.4 Å². The van der Waals surface area contributed by atoms with Crippen molar-refractivity contribution in [2.75, 3.05) is 6.61 Å². The van der Waals surface area contributed by atoms with E-state index in [2.05, 4.69) is 44.9 Å². The summed E-state index contributed by atoms with van der Waals surface area (Å²) in [5.74, 6) is -0.331. The third-order valence-corrected chi connectivity index (χ3v) is 3.30. The van der Waals surface area contributed by atoms with Crippen LogP contribution in [-0.4, -0.2) is 29.7 Å². The van der Waals surface area contributed by atoms with Gasteiger partial charge in [0.05, 0.1) is 0 Å². The van der Waals surface area contributed by atoms with E-state index in [0.29, 0.717) is 6.04 Å². The van der Waals surface area contributed by atoms with Crippen molar-refractivity contribution < 1.29 is 9.53 Å². The van der Waals surface area contributed by atoms with Gasteiger partial charge in [0.1, 0.15) is 6.61 Å². The molecule has 1 fully saturated rings. The fourth-order valence-corrected chi connectivity index (χ4v) is 3.15. The molecule has 1 saturated heterocycles. The van der Waals surface area contributed by atoms with Gasteiger partial charge in [-0.05, 0) is 47.5 Å². The zero-order valence-electron chi connectivity index (χ0n) is 13.4. The third kappa shape index (κ3) is 5.78. The maximum Gasteiger partial charge on any atom is 0.332 e. The SMILES string of the molecule is C=CCOC(=O)/C=C(\C)NC1CC(C)(C)NC(C)(C)C1. The monoisotopic (exact) mass is 280 g/mol. The summed E-state index contributed by atoms with van der Waals surface area (Å²) in [6.45, 7) is 14.5. The Labute approximate surface area is 122 Å². The number of ether oxygens (including phenoxy) is 1. The van der Waals surface area contributed by atoms with Crippen molar-refractivity contribution in [1.82, 2.24) is 10.6 Å². The molecule has 1 rings (SSSR count). The van der Waals surface area contributed by atoms with E-state index in [9.17, 15) is 4.79 Å². The van der Waals surface area contributed by atoms with Crippen LogP contribution in [0.4, 0.5) is 0 Å². The molecule has 1 heterocycles. The molecule has 0 saturated carbocycles. The van der Waals surface area contributed by atoms with E-state index >= 15 is 0 Å². The van der Waals surface area contributed by atoms with Gasteiger partial charge in [-0.3, -0.25) is 0 Å². The molecule has 0 aromatic carbocycles. The zero-order valence-corrected chi connectivity index (χ0v) is 13.4. The van der Waals surface area contributed by atoms with Crippen LogP contribution in [0.2, 0.25) is 0 Å². The largest absolute Gasteiger partial charge is 0.458 e. The molecule has 0 spiro atoms. The molecule has 2 N–H and O–H groups in total. The highest BCUT2D eigenvalue weighted by atomic mass is 16.5. The highest BCUT2D eigenvalue weighted by molar-refractivity contribution is 5.82. The van der Waals surface area contributed by atoms with Crippen LogP contribution in [0, 0.1) is 0 Å². The number of carbonyl (C=O) groups is 1. The van der Waals surface area contributed by atoms with Crippen molar-refractivity contribution in [3.63, 3.8) is 0 Å². The number of piperidine rings is 1. The lowest BCUT2D eigenvalue weighted by molar-refractivity contribution is -0.136. The second-order valence-corrected chi connectivity index (χ2v) is 6.89. The predicted octanol–water partition coefficient (Wildman–Crippen LogP) is 2.52. The second-order valence-electron chi connectivity index (χ2n) is 6.89. The highest BCUT2D eigenvalue weighted by Gasteiger charge is 2.37. The number of hydrogen-bond donors (Lipinski definition) is 2. The van der Waals surface area contributed by atoms with E-state index in [1.54, 1.807) is 6.08 Å². The van der Waals surface area contributed by atoms with Gasteiger partial charge in [-0.25, -0.2) is 4.79 Å². The molecule has 0 aromatic heterocycles. The minimum Gasteiger partial charge on any atom is -0.458 e. The van der Waals surface area contributed by atoms with Crippen molar-refractivity contribution in [3.05, 3.63) is 24.4 Å². The molecule has 0 bridgehead atoms. The molecule has 114 valence electrons.